The van der Waals surface area contributed by atoms with Crippen LogP contribution in [0.4, 0.5) is 0 Å². The molecule has 2 aromatic carbocycles. The number of rotatable bonds is 9. The highest BCUT2D eigenvalue weighted by Gasteiger charge is 2.09. The van der Waals surface area contributed by atoms with Crippen molar-refractivity contribution in [1.29, 1.82) is 0 Å². The second kappa shape index (κ2) is 9.82. The van der Waals surface area contributed by atoms with E-state index in [1.807, 2.05) is 30.3 Å². The molecule has 0 saturated heterocycles. The molecule has 0 heterocycles. The lowest BCUT2D eigenvalue weighted by molar-refractivity contribution is -0.872. The van der Waals surface area contributed by atoms with Crippen LogP contribution in [0.1, 0.15) is 23.1 Å². The average Bonchev–Trinajstić information content (AvgIpc) is 2.64. The fourth-order valence-electron chi connectivity index (χ4n) is 2.83. The maximum Gasteiger partial charge on any atom is 0.220 e. The van der Waals surface area contributed by atoms with E-state index in [0.717, 1.165) is 23.6 Å². The molecule has 0 aliphatic rings. The number of hydrogen-bond donors (Lipinski definition) is 2. The van der Waals surface area contributed by atoms with Gasteiger partial charge in [-0.15, -0.1) is 0 Å². The minimum absolute atomic E-state index is 0.0405. The highest BCUT2D eigenvalue weighted by atomic mass is 16.5. The maximum atomic E-state index is 12.3. The van der Waals surface area contributed by atoms with Crippen LogP contribution in [0.3, 0.4) is 0 Å². The number of benzene rings is 2. The second-order valence-corrected chi connectivity index (χ2v) is 6.65. The standard InChI is InChI=1S/C21H28N2O3/c1-23(2)15-18-8-6-5-7-17(18)14-22-21(24)10-9-16-11-19(25-3)13-20(12-16)26-4/h5-8,11-13H,9-10,14-15H2,1-4H3,(H,22,24)/p+1. The van der Waals surface area contributed by atoms with Gasteiger partial charge in [-0.1, -0.05) is 24.3 Å². The molecule has 1 amide bonds. The van der Waals surface area contributed by atoms with E-state index in [9.17, 15) is 4.79 Å². The lowest BCUT2D eigenvalue weighted by Gasteiger charge is -2.13. The van der Waals surface area contributed by atoms with Crippen molar-refractivity contribution in [3.05, 3.63) is 59.2 Å². The van der Waals surface area contributed by atoms with E-state index in [4.69, 9.17) is 9.47 Å². The molecule has 140 valence electrons. The molecule has 2 N–H and O–H groups in total. The third-order valence-corrected chi connectivity index (χ3v) is 4.19. The van der Waals surface area contributed by atoms with Crippen LogP contribution in [0.5, 0.6) is 11.5 Å². The van der Waals surface area contributed by atoms with Crippen molar-refractivity contribution >= 4 is 5.91 Å². The molecular weight excluding hydrogens is 328 g/mol. The summed E-state index contributed by atoms with van der Waals surface area (Å²) in [5.41, 5.74) is 3.46. The van der Waals surface area contributed by atoms with Crippen molar-refractivity contribution in [2.75, 3.05) is 28.3 Å². The van der Waals surface area contributed by atoms with Crippen molar-refractivity contribution < 1.29 is 19.2 Å². The molecular formula is C21H29N2O3+. The first-order valence-corrected chi connectivity index (χ1v) is 8.86. The van der Waals surface area contributed by atoms with Gasteiger partial charge >= 0.3 is 0 Å². The topological polar surface area (TPSA) is 52.0 Å². The van der Waals surface area contributed by atoms with Crippen molar-refractivity contribution in [1.82, 2.24) is 5.32 Å². The van der Waals surface area contributed by atoms with Crippen LogP contribution >= 0.6 is 0 Å². The molecule has 0 fully saturated rings. The Bertz CT molecular complexity index is 707. The zero-order valence-electron chi connectivity index (χ0n) is 16.1. The highest BCUT2D eigenvalue weighted by Crippen LogP contribution is 2.23. The summed E-state index contributed by atoms with van der Waals surface area (Å²) in [6.45, 7) is 1.50. The van der Waals surface area contributed by atoms with Crippen molar-refractivity contribution in [3.8, 4) is 11.5 Å². The first kappa shape index (κ1) is 19.8. The molecule has 0 aliphatic heterocycles. The Labute approximate surface area is 155 Å². The summed E-state index contributed by atoms with van der Waals surface area (Å²) < 4.78 is 10.5. The van der Waals surface area contributed by atoms with Gasteiger partial charge in [-0.2, -0.15) is 0 Å². The van der Waals surface area contributed by atoms with Crippen molar-refractivity contribution in [2.24, 2.45) is 0 Å². The van der Waals surface area contributed by atoms with E-state index in [1.165, 1.54) is 16.0 Å². The Morgan fingerprint density at radius 1 is 1.00 bits per heavy atom. The molecule has 0 atom stereocenters. The van der Waals surface area contributed by atoms with Gasteiger partial charge in [0.25, 0.3) is 0 Å². The molecule has 0 aliphatic carbocycles. The van der Waals surface area contributed by atoms with Crippen LogP contribution in [-0.4, -0.2) is 34.2 Å². The van der Waals surface area contributed by atoms with Gasteiger partial charge in [-0.3, -0.25) is 4.79 Å². The van der Waals surface area contributed by atoms with Crippen LogP contribution in [0.15, 0.2) is 42.5 Å². The van der Waals surface area contributed by atoms with Gasteiger partial charge in [0.05, 0.1) is 28.3 Å². The highest BCUT2D eigenvalue weighted by molar-refractivity contribution is 5.76. The zero-order valence-corrected chi connectivity index (χ0v) is 16.1. The fraction of sp³-hybridized carbons (Fsp3) is 0.381. The lowest BCUT2D eigenvalue weighted by Crippen LogP contribution is -3.04. The third-order valence-electron chi connectivity index (χ3n) is 4.19. The number of aryl methyl sites for hydroxylation is 1. The molecule has 0 radical (unpaired) electrons. The first-order valence-electron chi connectivity index (χ1n) is 8.86. The molecule has 0 unspecified atom stereocenters. The van der Waals surface area contributed by atoms with E-state index in [2.05, 4.69) is 31.5 Å². The molecule has 0 bridgehead atoms. The molecule has 0 spiro atoms. The quantitative estimate of drug-likeness (QED) is 0.717. The number of ether oxygens (including phenoxy) is 2. The fourth-order valence-corrected chi connectivity index (χ4v) is 2.83. The van der Waals surface area contributed by atoms with E-state index in [0.29, 0.717) is 19.4 Å². The molecule has 26 heavy (non-hydrogen) atoms. The van der Waals surface area contributed by atoms with Crippen LogP contribution in [0, 0.1) is 0 Å². The van der Waals surface area contributed by atoms with E-state index >= 15 is 0 Å². The molecule has 5 nitrogen and oxygen atoms in total. The van der Waals surface area contributed by atoms with E-state index < -0.39 is 0 Å². The van der Waals surface area contributed by atoms with Crippen LogP contribution in [-0.2, 0) is 24.3 Å². The smallest absolute Gasteiger partial charge is 0.220 e. The van der Waals surface area contributed by atoms with Crippen LogP contribution < -0.4 is 19.7 Å². The monoisotopic (exact) mass is 357 g/mol. The Morgan fingerprint density at radius 2 is 1.62 bits per heavy atom. The van der Waals surface area contributed by atoms with Gasteiger partial charge in [-0.25, -0.2) is 0 Å². The number of methoxy groups -OCH3 is 2. The lowest BCUT2D eigenvalue weighted by atomic mass is 10.1. The van der Waals surface area contributed by atoms with Crippen molar-refractivity contribution in [2.45, 2.75) is 25.9 Å². The normalized spacial score (nSPS) is 10.7. The van der Waals surface area contributed by atoms with E-state index in [-0.39, 0.29) is 5.91 Å². The second-order valence-electron chi connectivity index (χ2n) is 6.65. The van der Waals surface area contributed by atoms with Crippen LogP contribution in [0.2, 0.25) is 0 Å². The van der Waals surface area contributed by atoms with Gasteiger partial charge < -0.3 is 19.7 Å². The van der Waals surface area contributed by atoms with E-state index in [1.54, 1.807) is 14.2 Å². The summed E-state index contributed by atoms with van der Waals surface area (Å²) in [7, 11) is 7.49. The minimum Gasteiger partial charge on any atom is -0.497 e. The first-order chi connectivity index (χ1) is 12.5. The van der Waals surface area contributed by atoms with Crippen molar-refractivity contribution in [3.63, 3.8) is 0 Å². The Balaban J connectivity index is 1.90. The summed E-state index contributed by atoms with van der Waals surface area (Å²) in [6.07, 6.45) is 1.07. The SMILES string of the molecule is COc1cc(CCC(=O)NCc2ccccc2C[NH+](C)C)cc(OC)c1. The summed E-state index contributed by atoms with van der Waals surface area (Å²) in [6, 6.07) is 13.9. The van der Waals surface area contributed by atoms with Gasteiger partial charge in [0.15, 0.2) is 0 Å². The Kier molecular flexibility index (Phi) is 7.48. The summed E-state index contributed by atoms with van der Waals surface area (Å²) in [5, 5.41) is 3.03. The predicted molar refractivity (Wildman–Crippen MR) is 103 cm³/mol. The number of hydrogen-bond acceptors (Lipinski definition) is 3. The number of carbonyl (C=O) groups is 1. The van der Waals surface area contributed by atoms with Crippen LogP contribution in [0.25, 0.3) is 0 Å². The summed E-state index contributed by atoms with van der Waals surface area (Å²) >= 11 is 0. The Hall–Kier alpha value is -2.53. The van der Waals surface area contributed by atoms with Gasteiger partial charge in [-0.05, 0) is 29.7 Å². The minimum atomic E-state index is 0.0405. The van der Waals surface area contributed by atoms with Gasteiger partial charge in [0.1, 0.15) is 18.0 Å². The molecule has 2 rings (SSSR count). The summed E-state index contributed by atoms with van der Waals surface area (Å²) in [4.78, 5) is 13.6. The number of amides is 1. The molecule has 5 heteroatoms. The number of quaternary nitrogens is 1. The number of nitrogens with one attached hydrogen (secondary N) is 2. The molecule has 0 aromatic heterocycles. The summed E-state index contributed by atoms with van der Waals surface area (Å²) in [5.74, 6) is 1.51. The van der Waals surface area contributed by atoms with Gasteiger partial charge in [0.2, 0.25) is 5.91 Å². The number of carbonyl (C=O) groups excluding carboxylic acids is 1. The Morgan fingerprint density at radius 3 is 2.19 bits per heavy atom. The maximum absolute atomic E-state index is 12.3. The third kappa shape index (κ3) is 6.08. The largest absolute Gasteiger partial charge is 0.497 e. The average molecular weight is 357 g/mol. The zero-order chi connectivity index (χ0) is 18.9. The molecule has 0 saturated carbocycles. The predicted octanol–water partition coefficient (Wildman–Crippen LogP) is 1.60. The van der Waals surface area contributed by atoms with Gasteiger partial charge in [0, 0.05) is 24.6 Å². The molecule has 2 aromatic rings.